The molecule has 0 saturated heterocycles. The molecule has 0 aromatic heterocycles. The molecule has 0 saturated carbocycles. The van der Waals surface area contributed by atoms with Crippen molar-refractivity contribution < 1.29 is 14.3 Å². The second-order valence-electron chi connectivity index (χ2n) is 5.74. The molecule has 5 nitrogen and oxygen atoms in total. The Kier molecular flexibility index (Phi) is 5.06. The standard InChI is InChI=1S/C18H19BrN2O3/c1-12(21(2)10-13-5-3-4-6-15(13)19)18(22)20-14-7-8-16-17(9-14)24-11-23-16/h3-9,12H,10-11H2,1-2H3,(H,20,22)/t12-/m1/s1. The SMILES string of the molecule is C[C@H](C(=O)Nc1ccc2c(c1)OCO2)N(C)Cc1ccccc1Br. The normalized spacial score (nSPS) is 13.8. The van der Waals surface area contributed by atoms with Crippen LogP contribution in [0.2, 0.25) is 0 Å². The molecule has 1 atom stereocenters. The second-order valence-corrected chi connectivity index (χ2v) is 6.59. The maximum atomic E-state index is 12.5. The lowest BCUT2D eigenvalue weighted by Crippen LogP contribution is -2.39. The van der Waals surface area contributed by atoms with E-state index in [1.165, 1.54) is 0 Å². The molecule has 1 N–H and O–H groups in total. The van der Waals surface area contributed by atoms with Crippen molar-refractivity contribution >= 4 is 27.5 Å². The van der Waals surface area contributed by atoms with E-state index in [-0.39, 0.29) is 18.7 Å². The first kappa shape index (κ1) is 16.8. The van der Waals surface area contributed by atoms with Gasteiger partial charge in [-0.15, -0.1) is 0 Å². The molecule has 2 aromatic carbocycles. The van der Waals surface area contributed by atoms with Crippen LogP contribution in [0.5, 0.6) is 11.5 Å². The third-order valence-electron chi connectivity index (χ3n) is 4.06. The highest BCUT2D eigenvalue weighted by atomic mass is 79.9. The molecular formula is C18H19BrN2O3. The van der Waals surface area contributed by atoms with E-state index in [2.05, 4.69) is 21.2 Å². The summed E-state index contributed by atoms with van der Waals surface area (Å²) in [6.07, 6.45) is 0. The van der Waals surface area contributed by atoms with Crippen molar-refractivity contribution in [1.29, 1.82) is 0 Å². The van der Waals surface area contributed by atoms with Crippen molar-refractivity contribution in [2.75, 3.05) is 19.2 Å². The number of benzene rings is 2. The number of halogens is 1. The van der Waals surface area contributed by atoms with Crippen LogP contribution in [-0.2, 0) is 11.3 Å². The van der Waals surface area contributed by atoms with Gasteiger partial charge >= 0.3 is 0 Å². The van der Waals surface area contributed by atoms with Gasteiger partial charge < -0.3 is 14.8 Å². The van der Waals surface area contributed by atoms with Gasteiger partial charge in [-0.1, -0.05) is 34.1 Å². The maximum absolute atomic E-state index is 12.5. The van der Waals surface area contributed by atoms with Crippen molar-refractivity contribution in [1.82, 2.24) is 4.90 Å². The largest absolute Gasteiger partial charge is 0.454 e. The number of nitrogens with zero attached hydrogens (tertiary/aromatic N) is 1. The molecule has 0 radical (unpaired) electrons. The number of carbonyl (C=O) groups excluding carboxylic acids is 1. The zero-order chi connectivity index (χ0) is 17.1. The lowest BCUT2D eigenvalue weighted by Gasteiger charge is -2.24. The topological polar surface area (TPSA) is 50.8 Å². The molecule has 0 spiro atoms. The molecule has 6 heteroatoms. The van der Waals surface area contributed by atoms with E-state index in [9.17, 15) is 4.79 Å². The Morgan fingerprint density at radius 2 is 2.00 bits per heavy atom. The maximum Gasteiger partial charge on any atom is 0.241 e. The van der Waals surface area contributed by atoms with Crippen LogP contribution >= 0.6 is 15.9 Å². The summed E-state index contributed by atoms with van der Waals surface area (Å²) in [7, 11) is 1.93. The number of hydrogen-bond acceptors (Lipinski definition) is 4. The molecule has 1 aliphatic heterocycles. The van der Waals surface area contributed by atoms with Gasteiger partial charge in [0.15, 0.2) is 11.5 Å². The molecule has 0 aliphatic carbocycles. The number of anilines is 1. The van der Waals surface area contributed by atoms with E-state index in [4.69, 9.17) is 9.47 Å². The summed E-state index contributed by atoms with van der Waals surface area (Å²) in [5.74, 6) is 1.29. The van der Waals surface area contributed by atoms with Crippen molar-refractivity contribution in [3.05, 3.63) is 52.5 Å². The summed E-state index contributed by atoms with van der Waals surface area (Å²) in [6, 6.07) is 13.1. The fourth-order valence-electron chi connectivity index (χ4n) is 2.45. The summed E-state index contributed by atoms with van der Waals surface area (Å²) in [6.45, 7) is 2.79. The summed E-state index contributed by atoms with van der Waals surface area (Å²) < 4.78 is 11.6. The number of hydrogen-bond donors (Lipinski definition) is 1. The Bertz CT molecular complexity index is 751. The smallest absolute Gasteiger partial charge is 0.241 e. The molecule has 3 rings (SSSR count). The van der Waals surface area contributed by atoms with Crippen LogP contribution in [0.1, 0.15) is 12.5 Å². The van der Waals surface area contributed by atoms with Crippen molar-refractivity contribution in [2.24, 2.45) is 0 Å². The first-order chi connectivity index (χ1) is 11.5. The first-order valence-electron chi connectivity index (χ1n) is 7.69. The third kappa shape index (κ3) is 3.71. The lowest BCUT2D eigenvalue weighted by molar-refractivity contribution is -0.120. The molecule has 2 aromatic rings. The fourth-order valence-corrected chi connectivity index (χ4v) is 2.86. The summed E-state index contributed by atoms with van der Waals surface area (Å²) in [5, 5.41) is 2.92. The molecule has 1 aliphatic rings. The van der Waals surface area contributed by atoms with Crippen LogP contribution in [0.3, 0.4) is 0 Å². The first-order valence-corrected chi connectivity index (χ1v) is 8.48. The van der Waals surface area contributed by atoms with Crippen LogP contribution in [0.4, 0.5) is 5.69 Å². The molecule has 1 heterocycles. The number of carbonyl (C=O) groups is 1. The highest BCUT2D eigenvalue weighted by molar-refractivity contribution is 9.10. The molecule has 126 valence electrons. The minimum absolute atomic E-state index is 0.0663. The van der Waals surface area contributed by atoms with Gasteiger partial charge in [0.25, 0.3) is 0 Å². The fraction of sp³-hybridized carbons (Fsp3) is 0.278. The highest BCUT2D eigenvalue weighted by Gasteiger charge is 2.20. The molecule has 0 fully saturated rings. The zero-order valence-electron chi connectivity index (χ0n) is 13.6. The van der Waals surface area contributed by atoms with E-state index >= 15 is 0 Å². The number of fused-ring (bicyclic) bond motifs is 1. The zero-order valence-corrected chi connectivity index (χ0v) is 15.2. The summed E-state index contributed by atoms with van der Waals surface area (Å²) in [4.78, 5) is 14.5. The Morgan fingerprint density at radius 3 is 2.79 bits per heavy atom. The molecule has 0 bridgehead atoms. The highest BCUT2D eigenvalue weighted by Crippen LogP contribution is 2.34. The average molecular weight is 391 g/mol. The van der Waals surface area contributed by atoms with Gasteiger partial charge in [-0.3, -0.25) is 9.69 Å². The number of amides is 1. The quantitative estimate of drug-likeness (QED) is 0.846. The van der Waals surface area contributed by atoms with Gasteiger partial charge in [0.2, 0.25) is 12.7 Å². The Labute approximate surface area is 149 Å². The van der Waals surface area contributed by atoms with Gasteiger partial charge in [-0.2, -0.15) is 0 Å². The van der Waals surface area contributed by atoms with E-state index in [0.29, 0.717) is 23.7 Å². The number of rotatable bonds is 5. The van der Waals surface area contributed by atoms with E-state index in [1.807, 2.05) is 49.2 Å². The number of likely N-dealkylation sites (N-methyl/N-ethyl adjacent to an activating group) is 1. The molecule has 0 unspecified atom stereocenters. The summed E-state index contributed by atoms with van der Waals surface area (Å²) >= 11 is 3.54. The van der Waals surface area contributed by atoms with Crippen molar-refractivity contribution in [3.8, 4) is 11.5 Å². The van der Waals surface area contributed by atoms with Crippen LogP contribution in [0.15, 0.2) is 46.9 Å². The van der Waals surface area contributed by atoms with Gasteiger partial charge in [0, 0.05) is 22.8 Å². The minimum Gasteiger partial charge on any atom is -0.454 e. The van der Waals surface area contributed by atoms with Crippen molar-refractivity contribution in [2.45, 2.75) is 19.5 Å². The predicted molar refractivity (Wildman–Crippen MR) is 96.3 cm³/mol. The Hall–Kier alpha value is -2.05. The second kappa shape index (κ2) is 7.23. The predicted octanol–water partition coefficient (Wildman–Crippen LogP) is 3.64. The average Bonchev–Trinajstić information content (AvgIpc) is 3.03. The van der Waals surface area contributed by atoms with Gasteiger partial charge in [-0.25, -0.2) is 0 Å². The van der Waals surface area contributed by atoms with Crippen LogP contribution in [-0.4, -0.2) is 30.7 Å². The van der Waals surface area contributed by atoms with Crippen LogP contribution < -0.4 is 14.8 Å². The minimum atomic E-state index is -0.275. The van der Waals surface area contributed by atoms with Crippen LogP contribution in [0.25, 0.3) is 0 Å². The number of nitrogens with one attached hydrogen (secondary N) is 1. The Morgan fingerprint density at radius 1 is 1.25 bits per heavy atom. The van der Waals surface area contributed by atoms with Crippen molar-refractivity contribution in [3.63, 3.8) is 0 Å². The number of ether oxygens (including phenoxy) is 2. The third-order valence-corrected chi connectivity index (χ3v) is 4.83. The van der Waals surface area contributed by atoms with E-state index in [0.717, 1.165) is 10.0 Å². The van der Waals surface area contributed by atoms with E-state index < -0.39 is 0 Å². The van der Waals surface area contributed by atoms with Gasteiger partial charge in [0.05, 0.1) is 6.04 Å². The monoisotopic (exact) mass is 390 g/mol. The van der Waals surface area contributed by atoms with E-state index in [1.54, 1.807) is 12.1 Å². The lowest BCUT2D eigenvalue weighted by atomic mass is 10.2. The van der Waals surface area contributed by atoms with Crippen LogP contribution in [0, 0.1) is 0 Å². The molecule has 1 amide bonds. The summed E-state index contributed by atoms with van der Waals surface area (Å²) in [5.41, 5.74) is 1.84. The van der Waals surface area contributed by atoms with Gasteiger partial charge in [0.1, 0.15) is 0 Å². The van der Waals surface area contributed by atoms with Gasteiger partial charge in [-0.05, 0) is 37.7 Å². The molecule has 24 heavy (non-hydrogen) atoms. The molecular weight excluding hydrogens is 372 g/mol. The Balaban J connectivity index is 1.63.